The Hall–Kier alpha value is -1.45. The topological polar surface area (TPSA) is 112 Å². The fraction of sp³-hybridized carbons (Fsp3) is 0.778. The lowest BCUT2D eigenvalue weighted by molar-refractivity contribution is -0.140. The van der Waals surface area contributed by atoms with Gasteiger partial charge in [-0.1, -0.05) is 6.92 Å². The number of amides is 1. The Morgan fingerprint density at radius 1 is 1.30 bits per heavy atom. The van der Waals surface area contributed by atoms with Crippen molar-refractivity contribution < 1.29 is 13.2 Å². The van der Waals surface area contributed by atoms with Crippen molar-refractivity contribution in [2.75, 3.05) is 26.2 Å². The van der Waals surface area contributed by atoms with Gasteiger partial charge in [-0.25, -0.2) is 8.42 Å². The van der Waals surface area contributed by atoms with Crippen molar-refractivity contribution in [2.24, 2.45) is 17.6 Å². The molecule has 2 fully saturated rings. The molecule has 3 heterocycles. The average Bonchev–Trinajstić information content (AvgIpc) is 3.00. The zero-order chi connectivity index (χ0) is 19.8. The monoisotopic (exact) mass is 397 g/mol. The molecule has 3 N–H and O–H groups in total. The molecule has 1 aromatic rings. The molecule has 3 rings (SSSR count). The van der Waals surface area contributed by atoms with Crippen LogP contribution in [0, 0.1) is 25.7 Å². The number of hydrogen-bond acceptors (Lipinski definition) is 5. The smallest absolute Gasteiger partial charge is 0.246 e. The normalized spacial score (nSPS) is 27.7. The van der Waals surface area contributed by atoms with Crippen molar-refractivity contribution in [3.63, 3.8) is 0 Å². The molecular weight excluding hydrogens is 366 g/mol. The number of H-pyrrole nitrogens is 1. The SMILES string of the molecule is Cc1n[nH]c(C)c1S(=O)(=O)N1CCCC(C(=O)N2CCC(C)CC2CN)C1. The summed E-state index contributed by atoms with van der Waals surface area (Å²) in [6.45, 7) is 7.42. The summed E-state index contributed by atoms with van der Waals surface area (Å²) in [5.41, 5.74) is 6.91. The number of aryl methyl sites for hydroxylation is 2. The Balaban J connectivity index is 1.77. The third-order valence-corrected chi connectivity index (χ3v) is 8.05. The molecule has 1 amide bonds. The van der Waals surface area contributed by atoms with Crippen LogP contribution in [0.5, 0.6) is 0 Å². The third kappa shape index (κ3) is 3.90. The van der Waals surface area contributed by atoms with Gasteiger partial charge in [-0.3, -0.25) is 9.89 Å². The van der Waals surface area contributed by atoms with Crippen LogP contribution in [0.15, 0.2) is 4.90 Å². The molecule has 0 bridgehead atoms. The van der Waals surface area contributed by atoms with Crippen LogP contribution in [0.2, 0.25) is 0 Å². The van der Waals surface area contributed by atoms with E-state index < -0.39 is 10.0 Å². The lowest BCUT2D eigenvalue weighted by Crippen LogP contribution is -2.54. The number of nitrogens with one attached hydrogen (secondary N) is 1. The van der Waals surface area contributed by atoms with Gasteiger partial charge < -0.3 is 10.6 Å². The summed E-state index contributed by atoms with van der Waals surface area (Å²) < 4.78 is 27.7. The molecule has 0 radical (unpaired) electrons. The van der Waals surface area contributed by atoms with Gasteiger partial charge in [-0.2, -0.15) is 9.40 Å². The van der Waals surface area contributed by atoms with Crippen LogP contribution in [0.1, 0.15) is 44.0 Å². The van der Waals surface area contributed by atoms with E-state index in [0.717, 1.165) is 19.3 Å². The summed E-state index contributed by atoms with van der Waals surface area (Å²) in [5.74, 6) is 0.319. The maximum Gasteiger partial charge on any atom is 0.246 e. The van der Waals surface area contributed by atoms with Crippen molar-refractivity contribution in [1.29, 1.82) is 0 Å². The molecule has 0 saturated carbocycles. The van der Waals surface area contributed by atoms with Crippen molar-refractivity contribution >= 4 is 15.9 Å². The van der Waals surface area contributed by atoms with Crippen LogP contribution in [-0.4, -0.2) is 65.9 Å². The molecule has 0 aromatic carbocycles. The largest absolute Gasteiger partial charge is 0.338 e. The molecule has 9 heteroatoms. The van der Waals surface area contributed by atoms with Crippen molar-refractivity contribution in [3.8, 4) is 0 Å². The first-order chi connectivity index (χ1) is 12.8. The Kier molecular flexibility index (Phi) is 5.93. The molecule has 2 aliphatic heterocycles. The van der Waals surface area contributed by atoms with Gasteiger partial charge in [0.2, 0.25) is 15.9 Å². The number of carbonyl (C=O) groups is 1. The molecule has 0 spiro atoms. The number of piperidine rings is 2. The lowest BCUT2D eigenvalue weighted by Gasteiger charge is -2.41. The highest BCUT2D eigenvalue weighted by molar-refractivity contribution is 7.89. The van der Waals surface area contributed by atoms with Crippen molar-refractivity contribution in [3.05, 3.63) is 11.4 Å². The fourth-order valence-corrected chi connectivity index (χ4v) is 6.27. The van der Waals surface area contributed by atoms with Crippen LogP contribution in [0.3, 0.4) is 0 Å². The fourth-order valence-electron chi connectivity index (χ4n) is 4.41. The summed E-state index contributed by atoms with van der Waals surface area (Å²) in [7, 11) is -3.66. The first kappa shape index (κ1) is 20.3. The van der Waals surface area contributed by atoms with E-state index in [1.165, 1.54) is 4.31 Å². The first-order valence-electron chi connectivity index (χ1n) is 9.78. The number of likely N-dealkylation sites (tertiary alicyclic amines) is 1. The summed E-state index contributed by atoms with van der Waals surface area (Å²) in [6, 6.07) is 0.0617. The number of nitrogens with zero attached hydrogens (tertiary/aromatic N) is 3. The molecule has 0 aliphatic carbocycles. The van der Waals surface area contributed by atoms with Crippen LogP contribution in [0.25, 0.3) is 0 Å². The Morgan fingerprint density at radius 3 is 2.67 bits per heavy atom. The zero-order valence-electron chi connectivity index (χ0n) is 16.4. The molecule has 2 saturated heterocycles. The van der Waals surface area contributed by atoms with E-state index in [0.29, 0.717) is 43.4 Å². The molecule has 3 unspecified atom stereocenters. The van der Waals surface area contributed by atoms with E-state index in [2.05, 4.69) is 17.1 Å². The lowest BCUT2D eigenvalue weighted by atomic mass is 9.90. The minimum absolute atomic E-state index is 0.0536. The predicted molar refractivity (Wildman–Crippen MR) is 102 cm³/mol. The van der Waals surface area contributed by atoms with Crippen LogP contribution >= 0.6 is 0 Å². The van der Waals surface area contributed by atoms with Gasteiger partial charge in [-0.15, -0.1) is 0 Å². The third-order valence-electron chi connectivity index (χ3n) is 5.92. The van der Waals surface area contributed by atoms with Crippen molar-refractivity contribution in [2.45, 2.75) is 57.4 Å². The van der Waals surface area contributed by atoms with Crippen LogP contribution < -0.4 is 5.73 Å². The van der Waals surface area contributed by atoms with E-state index in [1.807, 2.05) is 4.90 Å². The summed E-state index contributed by atoms with van der Waals surface area (Å²) in [4.78, 5) is 15.3. The number of sulfonamides is 1. The standard InChI is InChI=1S/C18H31N5O3S/c1-12-6-8-23(16(9-12)10-19)18(24)15-5-4-7-22(11-15)27(25,26)17-13(2)20-21-14(17)3/h12,15-16H,4-11,19H2,1-3H3,(H,20,21). The number of aromatic amines is 1. The molecule has 152 valence electrons. The Morgan fingerprint density at radius 2 is 2.04 bits per heavy atom. The number of aromatic nitrogens is 2. The predicted octanol–water partition coefficient (Wildman–Crippen LogP) is 1.01. The molecule has 8 nitrogen and oxygen atoms in total. The minimum Gasteiger partial charge on any atom is -0.338 e. The highest BCUT2D eigenvalue weighted by atomic mass is 32.2. The first-order valence-corrected chi connectivity index (χ1v) is 11.2. The highest BCUT2D eigenvalue weighted by Crippen LogP contribution is 2.30. The van der Waals surface area contributed by atoms with Gasteiger partial charge in [0, 0.05) is 32.2 Å². The van der Waals surface area contributed by atoms with Gasteiger partial charge in [0.1, 0.15) is 4.90 Å². The number of carbonyl (C=O) groups excluding carboxylic acids is 1. The second-order valence-corrected chi connectivity index (χ2v) is 9.89. The maximum absolute atomic E-state index is 13.2. The second-order valence-electron chi connectivity index (χ2n) is 8.02. The van der Waals surface area contributed by atoms with E-state index in [-0.39, 0.29) is 29.3 Å². The molecule has 3 atom stereocenters. The van der Waals surface area contributed by atoms with Crippen LogP contribution in [0.4, 0.5) is 0 Å². The summed E-state index contributed by atoms with van der Waals surface area (Å²) in [5, 5.41) is 6.75. The van der Waals surface area contributed by atoms with Gasteiger partial charge in [-0.05, 0) is 45.4 Å². The Labute approximate surface area is 161 Å². The second kappa shape index (κ2) is 7.89. The molecule has 27 heavy (non-hydrogen) atoms. The average molecular weight is 398 g/mol. The van der Waals surface area contributed by atoms with Gasteiger partial charge in [0.15, 0.2) is 0 Å². The number of rotatable bonds is 4. The van der Waals surface area contributed by atoms with Crippen molar-refractivity contribution in [1.82, 2.24) is 19.4 Å². The molecule has 2 aliphatic rings. The van der Waals surface area contributed by atoms with E-state index in [1.54, 1.807) is 13.8 Å². The van der Waals surface area contributed by atoms with E-state index in [4.69, 9.17) is 5.73 Å². The van der Waals surface area contributed by atoms with Crippen LogP contribution in [-0.2, 0) is 14.8 Å². The van der Waals surface area contributed by atoms with E-state index in [9.17, 15) is 13.2 Å². The highest BCUT2D eigenvalue weighted by Gasteiger charge is 2.39. The van der Waals surface area contributed by atoms with Gasteiger partial charge in [0.05, 0.1) is 17.3 Å². The van der Waals surface area contributed by atoms with Gasteiger partial charge in [0.25, 0.3) is 0 Å². The molecule has 1 aromatic heterocycles. The number of nitrogens with two attached hydrogens (primary N) is 1. The van der Waals surface area contributed by atoms with Gasteiger partial charge >= 0.3 is 0 Å². The summed E-state index contributed by atoms with van der Waals surface area (Å²) >= 11 is 0. The quantitative estimate of drug-likeness (QED) is 0.787. The Bertz CT molecular complexity index is 771. The summed E-state index contributed by atoms with van der Waals surface area (Å²) in [6.07, 6.45) is 3.30. The number of hydrogen-bond donors (Lipinski definition) is 2. The minimum atomic E-state index is -3.66. The van der Waals surface area contributed by atoms with E-state index >= 15 is 0 Å². The maximum atomic E-state index is 13.2. The molecular formula is C18H31N5O3S. The zero-order valence-corrected chi connectivity index (χ0v) is 17.3.